The van der Waals surface area contributed by atoms with E-state index in [1.54, 1.807) is 0 Å². The fraction of sp³-hybridized carbons (Fsp3) is 0.0652. The molecule has 0 unspecified atom stereocenters. The third-order valence-electron chi connectivity index (χ3n) is 10.3. The molecule has 0 aliphatic heterocycles. The minimum Gasteiger partial charge on any atom is -0.456 e. The molecule has 0 amide bonds. The lowest BCUT2D eigenvalue weighted by Gasteiger charge is -2.20. The van der Waals surface area contributed by atoms with E-state index in [0.717, 1.165) is 95.2 Å². The summed E-state index contributed by atoms with van der Waals surface area (Å²) < 4.78 is 15.2. The molecule has 2 aliphatic rings. The molecule has 0 saturated heterocycles. The Morgan fingerprint density at radius 2 is 1.48 bits per heavy atom. The normalized spacial score (nSPS) is 13.3. The monoisotopic (exact) mass is 664 g/mol. The van der Waals surface area contributed by atoms with Crippen molar-refractivity contribution in [2.45, 2.75) is 19.3 Å². The number of fused-ring (bicyclic) bond motifs is 10. The van der Waals surface area contributed by atoms with Gasteiger partial charge >= 0.3 is 0 Å². The zero-order chi connectivity index (χ0) is 34.9. The van der Waals surface area contributed by atoms with E-state index in [-0.39, 0.29) is 0 Å². The first-order valence-corrected chi connectivity index (χ1v) is 17.0. The molecule has 10 rings (SSSR count). The van der Waals surface area contributed by atoms with Gasteiger partial charge in [-0.3, -0.25) is 0 Å². The molecule has 3 aromatic heterocycles. The predicted octanol–water partition coefficient (Wildman–Crippen LogP) is 10.8. The van der Waals surface area contributed by atoms with Crippen LogP contribution in [0.4, 0.5) is 0 Å². The Hall–Kier alpha value is -7.51. The maximum Gasteiger partial charge on any atom is 0.178 e. The molecule has 0 spiro atoms. The number of hydrogen-bond acceptors (Lipinski definition) is 5. The van der Waals surface area contributed by atoms with Crippen molar-refractivity contribution in [2.24, 2.45) is 0 Å². The summed E-state index contributed by atoms with van der Waals surface area (Å²) in [6, 6.07) is 38.9. The van der Waals surface area contributed by atoms with Gasteiger partial charge < -0.3 is 13.4 Å². The van der Waals surface area contributed by atoms with Crippen LogP contribution in [-0.2, 0) is 6.42 Å². The molecule has 0 fully saturated rings. The van der Waals surface area contributed by atoms with E-state index in [0.29, 0.717) is 35.1 Å². The highest BCUT2D eigenvalue weighted by Crippen LogP contribution is 2.44. The minimum absolute atomic E-state index is 0.380. The number of para-hydroxylation sites is 2. The SMILES string of the molecule is N#CC1=Cc2c(n(-c3c(C#N)cccc3C3=Cc4c(oc5c4ccc4c6cc(-c7ccc(C#N)cc7)ccc6oc45)CC3)c3ccccc23)C#CC1. The Bertz CT molecular complexity index is 3130. The molecule has 0 N–H and O–H groups in total. The molecular formula is C46H24N4O2. The van der Waals surface area contributed by atoms with Gasteiger partial charge in [0.25, 0.3) is 0 Å². The first kappa shape index (κ1) is 29.4. The highest BCUT2D eigenvalue weighted by Gasteiger charge is 2.27. The van der Waals surface area contributed by atoms with Gasteiger partial charge in [-0.15, -0.1) is 0 Å². The van der Waals surface area contributed by atoms with Gasteiger partial charge in [0.1, 0.15) is 23.1 Å². The molecule has 240 valence electrons. The lowest BCUT2D eigenvalue weighted by Crippen LogP contribution is -2.07. The summed E-state index contributed by atoms with van der Waals surface area (Å²) in [6.45, 7) is 0. The van der Waals surface area contributed by atoms with E-state index in [1.165, 1.54) is 0 Å². The van der Waals surface area contributed by atoms with Crippen LogP contribution in [0.1, 0.15) is 52.1 Å². The molecule has 52 heavy (non-hydrogen) atoms. The van der Waals surface area contributed by atoms with Crippen molar-refractivity contribution in [2.75, 3.05) is 0 Å². The van der Waals surface area contributed by atoms with E-state index in [2.05, 4.69) is 65.0 Å². The summed E-state index contributed by atoms with van der Waals surface area (Å²) in [6.07, 6.45) is 5.91. The zero-order valence-corrected chi connectivity index (χ0v) is 27.6. The molecule has 8 aromatic rings. The lowest BCUT2D eigenvalue weighted by molar-refractivity contribution is 0.542. The number of benzene rings is 5. The maximum absolute atomic E-state index is 10.5. The Morgan fingerprint density at radius 1 is 0.654 bits per heavy atom. The first-order valence-electron chi connectivity index (χ1n) is 17.0. The van der Waals surface area contributed by atoms with Crippen molar-refractivity contribution in [3.05, 3.63) is 142 Å². The summed E-state index contributed by atoms with van der Waals surface area (Å²) >= 11 is 0. The van der Waals surface area contributed by atoms with Crippen LogP contribution >= 0.6 is 0 Å². The second kappa shape index (κ2) is 11.3. The summed E-state index contributed by atoms with van der Waals surface area (Å²) in [4.78, 5) is 0. The number of aromatic nitrogens is 1. The number of allylic oxidation sites excluding steroid dienone is 2. The van der Waals surface area contributed by atoms with Gasteiger partial charge in [-0.25, -0.2) is 0 Å². The Balaban J connectivity index is 1.14. The number of nitrogens with zero attached hydrogens (tertiary/aromatic N) is 4. The van der Waals surface area contributed by atoms with Crippen LogP contribution in [0.5, 0.6) is 0 Å². The van der Waals surface area contributed by atoms with Crippen molar-refractivity contribution >= 4 is 61.5 Å². The van der Waals surface area contributed by atoms with Crippen LogP contribution < -0.4 is 0 Å². The summed E-state index contributed by atoms with van der Waals surface area (Å²) in [5.74, 6) is 7.45. The molecule has 6 heteroatoms. The van der Waals surface area contributed by atoms with Gasteiger partial charge in [0.15, 0.2) is 11.2 Å². The second-order valence-corrected chi connectivity index (χ2v) is 13.1. The molecule has 0 radical (unpaired) electrons. The van der Waals surface area contributed by atoms with Gasteiger partial charge in [-0.05, 0) is 89.7 Å². The second-order valence-electron chi connectivity index (χ2n) is 13.1. The fourth-order valence-corrected chi connectivity index (χ4v) is 7.85. The maximum atomic E-state index is 10.5. The number of nitriles is 3. The predicted molar refractivity (Wildman–Crippen MR) is 203 cm³/mol. The van der Waals surface area contributed by atoms with Crippen LogP contribution in [0.15, 0.2) is 111 Å². The van der Waals surface area contributed by atoms with Crippen LogP contribution in [0.25, 0.3) is 78.4 Å². The van der Waals surface area contributed by atoms with Gasteiger partial charge in [-0.2, -0.15) is 15.8 Å². The molecule has 3 heterocycles. The van der Waals surface area contributed by atoms with Crippen LogP contribution in [0.2, 0.25) is 0 Å². The van der Waals surface area contributed by atoms with Crippen molar-refractivity contribution in [1.82, 2.24) is 4.57 Å². The van der Waals surface area contributed by atoms with Crippen molar-refractivity contribution < 1.29 is 8.83 Å². The molecule has 5 aromatic carbocycles. The largest absolute Gasteiger partial charge is 0.456 e. The third kappa shape index (κ3) is 4.30. The highest BCUT2D eigenvalue weighted by molar-refractivity contribution is 6.16. The minimum atomic E-state index is 0.380. The highest BCUT2D eigenvalue weighted by atomic mass is 16.4. The fourth-order valence-electron chi connectivity index (χ4n) is 7.85. The Kier molecular flexibility index (Phi) is 6.37. The van der Waals surface area contributed by atoms with Gasteiger partial charge in [0, 0.05) is 56.6 Å². The van der Waals surface area contributed by atoms with E-state index in [9.17, 15) is 15.8 Å². The van der Waals surface area contributed by atoms with Crippen molar-refractivity contribution in [3.63, 3.8) is 0 Å². The van der Waals surface area contributed by atoms with Gasteiger partial charge in [0.2, 0.25) is 0 Å². The van der Waals surface area contributed by atoms with E-state index < -0.39 is 0 Å². The van der Waals surface area contributed by atoms with Gasteiger partial charge in [0.05, 0.1) is 34.5 Å². The van der Waals surface area contributed by atoms with Crippen molar-refractivity contribution in [3.8, 4) is 46.9 Å². The third-order valence-corrected chi connectivity index (χ3v) is 10.3. The summed E-state index contributed by atoms with van der Waals surface area (Å²) in [5.41, 5.74) is 12.5. The van der Waals surface area contributed by atoms with Crippen LogP contribution in [0.3, 0.4) is 0 Å². The van der Waals surface area contributed by atoms with E-state index in [1.807, 2.05) is 78.9 Å². The zero-order valence-electron chi connectivity index (χ0n) is 27.6. The molecular weight excluding hydrogens is 641 g/mol. The van der Waals surface area contributed by atoms with Crippen LogP contribution in [0, 0.1) is 45.8 Å². The molecule has 0 bridgehead atoms. The van der Waals surface area contributed by atoms with E-state index >= 15 is 0 Å². The molecule has 2 aliphatic carbocycles. The van der Waals surface area contributed by atoms with Crippen molar-refractivity contribution in [1.29, 1.82) is 15.8 Å². The standard InChI is InChI=1S/C46H24N4O2/c47-24-27-11-13-29(14-12-27)30-15-19-42-38(22-30)35-17-18-36-39-23-31(16-20-43(39)52-46(36)45(35)51-42)33-8-4-6-32(26-49)44(33)50-40-9-2-1-7-34(40)37-21-28(25-48)5-3-10-41(37)50/h1-2,4,6-9,11-15,17-19,21-23H,5,16,20H2. The molecule has 0 saturated carbocycles. The quantitative estimate of drug-likeness (QED) is 0.175. The Morgan fingerprint density at radius 3 is 2.33 bits per heavy atom. The van der Waals surface area contributed by atoms with Gasteiger partial charge in [-0.1, -0.05) is 54.5 Å². The lowest BCUT2D eigenvalue weighted by atomic mass is 9.89. The average Bonchev–Trinajstić information content (AvgIpc) is 3.80. The number of aryl methyl sites for hydroxylation is 1. The molecule has 6 nitrogen and oxygen atoms in total. The number of hydrogen-bond donors (Lipinski definition) is 0. The van der Waals surface area contributed by atoms with Crippen LogP contribution in [-0.4, -0.2) is 4.57 Å². The molecule has 0 atom stereocenters. The summed E-state index contributed by atoms with van der Waals surface area (Å²) in [7, 11) is 0. The summed E-state index contributed by atoms with van der Waals surface area (Å²) in [5, 5.41) is 33.4. The Labute approximate surface area is 298 Å². The average molecular weight is 665 g/mol. The topological polar surface area (TPSA) is 103 Å². The first-order chi connectivity index (χ1) is 25.6. The van der Waals surface area contributed by atoms with E-state index in [4.69, 9.17) is 8.83 Å². The number of furan rings is 2. The number of rotatable bonds is 3. The smallest absolute Gasteiger partial charge is 0.178 e.